The number of rotatable bonds is 2. The fourth-order valence-electron chi connectivity index (χ4n) is 3.68. The maximum Gasteiger partial charge on any atom is 0.278 e. The summed E-state index contributed by atoms with van der Waals surface area (Å²) in [6.07, 6.45) is 1.24. The largest absolute Gasteiger partial charge is 0.478 e. The molecule has 0 unspecified atom stereocenters. The molecule has 8 nitrogen and oxygen atoms in total. The number of nitrogens with zero attached hydrogens (tertiary/aromatic N) is 5. The van der Waals surface area contributed by atoms with Crippen LogP contribution in [0.5, 0.6) is 5.75 Å². The molecular formula is C19H17N5O3. The van der Waals surface area contributed by atoms with Crippen molar-refractivity contribution in [1.29, 1.82) is 0 Å². The molecule has 0 radical (unpaired) electrons. The van der Waals surface area contributed by atoms with Gasteiger partial charge in [-0.1, -0.05) is 17.3 Å². The second kappa shape index (κ2) is 5.87. The number of ketones is 1. The van der Waals surface area contributed by atoms with E-state index >= 15 is 0 Å². The zero-order chi connectivity index (χ0) is 18.4. The molecule has 0 aliphatic carbocycles. The first kappa shape index (κ1) is 15.9. The van der Waals surface area contributed by atoms with Crippen LogP contribution in [-0.2, 0) is 0 Å². The molecule has 0 atom stereocenters. The van der Waals surface area contributed by atoms with E-state index in [1.54, 1.807) is 6.92 Å². The molecule has 1 fully saturated rings. The predicted molar refractivity (Wildman–Crippen MR) is 95.6 cm³/mol. The molecule has 0 bridgehead atoms. The quantitative estimate of drug-likeness (QED) is 0.685. The van der Waals surface area contributed by atoms with E-state index in [9.17, 15) is 4.79 Å². The maximum absolute atomic E-state index is 12.8. The van der Waals surface area contributed by atoms with Crippen molar-refractivity contribution in [2.75, 3.05) is 18.0 Å². The number of Topliss-reactive ketones (excluding diaryl/α,β-unsaturated/α-hetero) is 1. The Morgan fingerprint density at radius 3 is 2.56 bits per heavy atom. The summed E-state index contributed by atoms with van der Waals surface area (Å²) in [5.74, 6) is 2.44. The summed E-state index contributed by atoms with van der Waals surface area (Å²) in [6.45, 7) is 3.10. The highest BCUT2D eigenvalue weighted by atomic mass is 16.5. The highest BCUT2D eigenvalue weighted by Gasteiger charge is 2.49. The van der Waals surface area contributed by atoms with Crippen molar-refractivity contribution in [1.82, 2.24) is 20.3 Å². The number of ether oxygens (including phenoxy) is 1. The number of hydrogen-bond donors (Lipinski definition) is 0. The number of para-hydroxylation sites is 1. The maximum atomic E-state index is 12.8. The van der Waals surface area contributed by atoms with E-state index in [4.69, 9.17) is 9.26 Å². The molecule has 4 heterocycles. The highest BCUT2D eigenvalue weighted by Crippen LogP contribution is 2.41. The van der Waals surface area contributed by atoms with Gasteiger partial charge in [-0.15, -0.1) is 10.2 Å². The fraction of sp³-hybridized carbons (Fsp3) is 0.316. The number of fused-ring (bicyclic) bond motifs is 1. The Labute approximate surface area is 155 Å². The Morgan fingerprint density at radius 2 is 1.89 bits per heavy atom. The third kappa shape index (κ3) is 2.56. The molecule has 8 heteroatoms. The molecule has 136 valence electrons. The van der Waals surface area contributed by atoms with Crippen LogP contribution in [0.25, 0.3) is 11.6 Å². The Kier molecular flexibility index (Phi) is 3.46. The van der Waals surface area contributed by atoms with Gasteiger partial charge in [-0.25, -0.2) is 0 Å². The summed E-state index contributed by atoms with van der Waals surface area (Å²) >= 11 is 0. The number of aryl methyl sites for hydroxylation is 1. The number of anilines is 1. The van der Waals surface area contributed by atoms with Crippen molar-refractivity contribution in [2.24, 2.45) is 0 Å². The standard InChI is InChI=1S/C19H17N5O3/c1-12-20-18(27-23-12)14-6-7-16(22-21-14)24-10-8-19(9-11-24)17(25)13-4-2-3-5-15(13)26-19/h2-7H,8-11H2,1H3. The summed E-state index contributed by atoms with van der Waals surface area (Å²) < 4.78 is 11.2. The van der Waals surface area contributed by atoms with Crippen LogP contribution in [0, 0.1) is 6.92 Å². The minimum Gasteiger partial charge on any atom is -0.478 e. The van der Waals surface area contributed by atoms with E-state index in [2.05, 4.69) is 25.2 Å². The monoisotopic (exact) mass is 363 g/mol. The first-order valence-corrected chi connectivity index (χ1v) is 8.87. The van der Waals surface area contributed by atoms with Crippen LogP contribution in [0.4, 0.5) is 5.82 Å². The average molecular weight is 363 g/mol. The first-order chi connectivity index (χ1) is 13.1. The Hall–Kier alpha value is -3.29. The number of aromatic nitrogens is 4. The van der Waals surface area contributed by atoms with E-state index in [0.29, 0.717) is 54.7 Å². The molecule has 2 aliphatic rings. The molecule has 1 spiro atoms. The van der Waals surface area contributed by atoms with E-state index in [1.165, 1.54) is 0 Å². The van der Waals surface area contributed by atoms with Gasteiger partial charge in [-0.05, 0) is 31.2 Å². The van der Waals surface area contributed by atoms with Gasteiger partial charge in [0.25, 0.3) is 5.89 Å². The molecule has 27 heavy (non-hydrogen) atoms. The Morgan fingerprint density at radius 1 is 1.07 bits per heavy atom. The summed E-state index contributed by atoms with van der Waals surface area (Å²) in [6, 6.07) is 11.2. The molecule has 0 saturated carbocycles. The first-order valence-electron chi connectivity index (χ1n) is 8.87. The molecular weight excluding hydrogens is 346 g/mol. The minimum atomic E-state index is -0.741. The van der Waals surface area contributed by atoms with Crippen molar-refractivity contribution < 1.29 is 14.1 Å². The van der Waals surface area contributed by atoms with Gasteiger partial charge in [-0.3, -0.25) is 4.79 Å². The Balaban J connectivity index is 1.31. The highest BCUT2D eigenvalue weighted by molar-refractivity contribution is 6.07. The van der Waals surface area contributed by atoms with Gasteiger partial charge in [0.05, 0.1) is 5.56 Å². The van der Waals surface area contributed by atoms with E-state index in [1.807, 2.05) is 36.4 Å². The summed E-state index contributed by atoms with van der Waals surface area (Å²) in [5.41, 5.74) is 0.483. The second-order valence-electron chi connectivity index (χ2n) is 6.83. The molecule has 3 aromatic rings. The molecule has 0 amide bonds. The van der Waals surface area contributed by atoms with Crippen LogP contribution in [-0.4, -0.2) is 44.8 Å². The van der Waals surface area contributed by atoms with Crippen molar-refractivity contribution >= 4 is 11.6 Å². The summed E-state index contributed by atoms with van der Waals surface area (Å²) in [7, 11) is 0. The summed E-state index contributed by atoms with van der Waals surface area (Å²) in [5, 5.41) is 12.2. The van der Waals surface area contributed by atoms with Crippen molar-refractivity contribution in [3.63, 3.8) is 0 Å². The molecule has 1 saturated heterocycles. The summed E-state index contributed by atoms with van der Waals surface area (Å²) in [4.78, 5) is 19.1. The normalized spacial score (nSPS) is 17.8. The molecule has 1 aromatic carbocycles. The van der Waals surface area contributed by atoms with Crippen LogP contribution < -0.4 is 9.64 Å². The lowest BCUT2D eigenvalue weighted by atomic mass is 9.86. The Bertz CT molecular complexity index is 1010. The fourth-order valence-corrected chi connectivity index (χ4v) is 3.68. The average Bonchev–Trinajstić information content (AvgIpc) is 3.25. The van der Waals surface area contributed by atoms with Crippen molar-refractivity contribution in [3.05, 3.63) is 47.8 Å². The van der Waals surface area contributed by atoms with Crippen LogP contribution in [0.3, 0.4) is 0 Å². The van der Waals surface area contributed by atoms with Crippen LogP contribution in [0.2, 0.25) is 0 Å². The van der Waals surface area contributed by atoms with Gasteiger partial charge in [0.15, 0.2) is 22.9 Å². The SMILES string of the molecule is Cc1noc(-c2ccc(N3CCC4(CC3)Oc3ccccc3C4=O)nn2)n1. The molecule has 2 aromatic heterocycles. The van der Waals surface area contributed by atoms with Gasteiger partial charge in [0, 0.05) is 25.9 Å². The number of carbonyl (C=O) groups excluding carboxylic acids is 1. The van der Waals surface area contributed by atoms with Crippen LogP contribution >= 0.6 is 0 Å². The molecule has 5 rings (SSSR count). The number of carbonyl (C=O) groups is 1. The van der Waals surface area contributed by atoms with Gasteiger partial charge in [-0.2, -0.15) is 4.98 Å². The van der Waals surface area contributed by atoms with Gasteiger partial charge in [0.2, 0.25) is 5.78 Å². The topological polar surface area (TPSA) is 94.2 Å². The lowest BCUT2D eigenvalue weighted by molar-refractivity contribution is 0.0454. The molecule has 2 aliphatic heterocycles. The van der Waals surface area contributed by atoms with Crippen LogP contribution in [0.1, 0.15) is 29.0 Å². The van der Waals surface area contributed by atoms with Gasteiger partial charge in [0.1, 0.15) is 5.75 Å². The predicted octanol–water partition coefficient (Wildman–Crippen LogP) is 2.45. The number of piperidine rings is 1. The van der Waals surface area contributed by atoms with E-state index in [0.717, 1.165) is 5.82 Å². The number of benzene rings is 1. The van der Waals surface area contributed by atoms with Gasteiger partial charge < -0.3 is 14.2 Å². The van der Waals surface area contributed by atoms with Crippen molar-refractivity contribution in [3.8, 4) is 17.3 Å². The van der Waals surface area contributed by atoms with Crippen molar-refractivity contribution in [2.45, 2.75) is 25.4 Å². The third-order valence-electron chi connectivity index (χ3n) is 5.14. The second-order valence-corrected chi connectivity index (χ2v) is 6.83. The van der Waals surface area contributed by atoms with Crippen LogP contribution in [0.15, 0.2) is 40.9 Å². The zero-order valence-electron chi connectivity index (χ0n) is 14.8. The number of hydrogen-bond acceptors (Lipinski definition) is 8. The molecule has 0 N–H and O–H groups in total. The smallest absolute Gasteiger partial charge is 0.278 e. The minimum absolute atomic E-state index is 0.0888. The van der Waals surface area contributed by atoms with E-state index < -0.39 is 5.60 Å². The third-order valence-corrected chi connectivity index (χ3v) is 5.14. The van der Waals surface area contributed by atoms with E-state index in [-0.39, 0.29) is 5.78 Å². The lowest BCUT2D eigenvalue weighted by Crippen LogP contribution is -2.50. The lowest BCUT2D eigenvalue weighted by Gasteiger charge is -2.37. The zero-order valence-corrected chi connectivity index (χ0v) is 14.8. The van der Waals surface area contributed by atoms with Gasteiger partial charge >= 0.3 is 0 Å².